The van der Waals surface area contributed by atoms with Crippen LogP contribution in [0.3, 0.4) is 0 Å². The van der Waals surface area contributed by atoms with Crippen LogP contribution in [0.4, 0.5) is 4.79 Å². The van der Waals surface area contributed by atoms with E-state index >= 15 is 0 Å². The standard InChI is InChI=1S/C35H37N5O5/c1-23(2)40(35(45)36-19-24-9-4-3-5-10-24)38-22-33(43)39-29(17-25-15-16-30(41)31(42)18-25)34(44)37(21-32(38)39)20-27-13-8-12-26-11-6-7-14-28(26)27/h3-16,18,23,29,32,41-42H,17,19-22H2,1-2H3,(H,36,45)/t29?,32-/m1/s1. The van der Waals surface area contributed by atoms with Crippen LogP contribution in [0.5, 0.6) is 11.5 Å². The minimum absolute atomic E-state index is 0.0612. The van der Waals surface area contributed by atoms with E-state index in [9.17, 15) is 24.6 Å². The second kappa shape index (κ2) is 12.5. The Balaban J connectivity index is 1.33. The summed E-state index contributed by atoms with van der Waals surface area (Å²) in [5.41, 5.74) is 2.53. The third kappa shape index (κ3) is 6.01. The first-order chi connectivity index (χ1) is 21.7. The molecule has 2 saturated heterocycles. The summed E-state index contributed by atoms with van der Waals surface area (Å²) in [5.74, 6) is -1.03. The fraction of sp³-hybridized carbons (Fsp3) is 0.286. The number of hydrazine groups is 1. The molecule has 0 bridgehead atoms. The number of amides is 4. The van der Waals surface area contributed by atoms with Gasteiger partial charge in [0.05, 0.1) is 13.1 Å². The molecule has 0 aromatic heterocycles. The molecule has 232 valence electrons. The molecule has 2 aliphatic heterocycles. The van der Waals surface area contributed by atoms with Crippen molar-refractivity contribution in [3.05, 3.63) is 108 Å². The Morgan fingerprint density at radius 2 is 1.64 bits per heavy atom. The number of fused-ring (bicyclic) bond motifs is 2. The number of hydrogen-bond donors (Lipinski definition) is 3. The smallest absolute Gasteiger partial charge is 0.332 e. The van der Waals surface area contributed by atoms with Gasteiger partial charge in [0, 0.05) is 25.6 Å². The average Bonchev–Trinajstić information content (AvgIpc) is 3.35. The van der Waals surface area contributed by atoms with Gasteiger partial charge in [-0.15, -0.1) is 0 Å². The number of piperazine rings is 1. The van der Waals surface area contributed by atoms with Gasteiger partial charge < -0.3 is 25.3 Å². The predicted octanol–water partition coefficient (Wildman–Crippen LogP) is 4.21. The Morgan fingerprint density at radius 1 is 0.911 bits per heavy atom. The van der Waals surface area contributed by atoms with Crippen LogP contribution in [0.2, 0.25) is 0 Å². The molecule has 4 aromatic rings. The Bertz CT molecular complexity index is 1720. The summed E-state index contributed by atoms with van der Waals surface area (Å²) < 4.78 is 0. The van der Waals surface area contributed by atoms with E-state index in [1.54, 1.807) is 25.9 Å². The van der Waals surface area contributed by atoms with Crippen molar-refractivity contribution in [1.29, 1.82) is 0 Å². The van der Waals surface area contributed by atoms with Crippen molar-refractivity contribution in [3.63, 3.8) is 0 Å². The molecule has 1 unspecified atom stereocenters. The molecule has 3 N–H and O–H groups in total. The summed E-state index contributed by atoms with van der Waals surface area (Å²) in [6.07, 6.45) is -0.456. The number of carbonyl (C=O) groups is 3. The van der Waals surface area contributed by atoms with Gasteiger partial charge in [-0.05, 0) is 53.4 Å². The number of urea groups is 1. The summed E-state index contributed by atoms with van der Waals surface area (Å²) in [7, 11) is 0. The van der Waals surface area contributed by atoms with E-state index in [-0.39, 0.29) is 54.9 Å². The molecule has 10 heteroatoms. The van der Waals surface area contributed by atoms with Crippen molar-refractivity contribution in [2.45, 2.75) is 51.6 Å². The lowest BCUT2D eigenvalue weighted by atomic mass is 9.98. The molecule has 0 aliphatic carbocycles. The highest BCUT2D eigenvalue weighted by molar-refractivity contribution is 5.92. The van der Waals surface area contributed by atoms with Crippen LogP contribution in [-0.4, -0.2) is 79.2 Å². The van der Waals surface area contributed by atoms with E-state index in [0.29, 0.717) is 18.7 Å². The lowest BCUT2D eigenvalue weighted by Gasteiger charge is -2.47. The van der Waals surface area contributed by atoms with Crippen LogP contribution in [0.15, 0.2) is 91.0 Å². The SMILES string of the molecule is CC(C)N(C(=O)NCc1ccccc1)N1CC(=O)N2C(Cc3ccc(O)c(O)c3)C(=O)N(Cc3cccc4ccccc34)C[C@@H]21. The highest BCUT2D eigenvalue weighted by Gasteiger charge is 2.52. The van der Waals surface area contributed by atoms with Gasteiger partial charge in [0.2, 0.25) is 11.8 Å². The molecule has 2 atom stereocenters. The number of phenolic OH excluding ortho intramolecular Hbond substituents is 2. The van der Waals surface area contributed by atoms with Gasteiger partial charge in [0.25, 0.3) is 0 Å². The highest BCUT2D eigenvalue weighted by Crippen LogP contribution is 2.33. The number of phenols is 2. The van der Waals surface area contributed by atoms with E-state index < -0.39 is 12.2 Å². The Kier molecular flexibility index (Phi) is 8.32. The number of carbonyl (C=O) groups excluding carboxylic acids is 3. The number of benzene rings is 4. The minimum atomic E-state index is -0.874. The third-order valence-electron chi connectivity index (χ3n) is 8.54. The molecular weight excluding hydrogens is 570 g/mol. The van der Waals surface area contributed by atoms with Crippen LogP contribution in [-0.2, 0) is 29.1 Å². The molecule has 0 saturated carbocycles. The average molecular weight is 608 g/mol. The lowest BCUT2D eigenvalue weighted by molar-refractivity contribution is -0.158. The maximum atomic E-state index is 14.2. The van der Waals surface area contributed by atoms with E-state index in [4.69, 9.17) is 0 Å². The molecule has 6 rings (SSSR count). The molecule has 2 heterocycles. The summed E-state index contributed by atoms with van der Waals surface area (Å²) in [6, 6.07) is 26.6. The number of nitrogens with zero attached hydrogens (tertiary/aromatic N) is 4. The van der Waals surface area contributed by atoms with Gasteiger partial charge in [-0.3, -0.25) is 14.6 Å². The first kappa shape index (κ1) is 30.0. The molecule has 45 heavy (non-hydrogen) atoms. The maximum absolute atomic E-state index is 14.2. The van der Waals surface area contributed by atoms with E-state index in [0.717, 1.165) is 21.9 Å². The first-order valence-electron chi connectivity index (χ1n) is 15.2. The van der Waals surface area contributed by atoms with E-state index in [2.05, 4.69) is 5.32 Å². The van der Waals surface area contributed by atoms with Crippen molar-refractivity contribution in [2.24, 2.45) is 0 Å². The molecule has 0 spiro atoms. The normalized spacial score (nSPS) is 18.5. The zero-order valence-electron chi connectivity index (χ0n) is 25.3. The van der Waals surface area contributed by atoms with Crippen molar-refractivity contribution < 1.29 is 24.6 Å². The summed E-state index contributed by atoms with van der Waals surface area (Å²) in [6.45, 7) is 4.60. The van der Waals surface area contributed by atoms with Crippen LogP contribution < -0.4 is 5.32 Å². The van der Waals surface area contributed by atoms with Gasteiger partial charge in [0.1, 0.15) is 12.2 Å². The van der Waals surface area contributed by atoms with Crippen LogP contribution in [0, 0.1) is 0 Å². The Hall–Kier alpha value is -5.09. The van der Waals surface area contributed by atoms with Crippen molar-refractivity contribution >= 4 is 28.6 Å². The predicted molar refractivity (Wildman–Crippen MR) is 170 cm³/mol. The molecule has 0 radical (unpaired) electrons. The minimum Gasteiger partial charge on any atom is -0.504 e. The fourth-order valence-electron chi connectivity index (χ4n) is 6.42. The van der Waals surface area contributed by atoms with Crippen molar-refractivity contribution in [3.8, 4) is 11.5 Å². The number of rotatable bonds is 8. The van der Waals surface area contributed by atoms with Crippen molar-refractivity contribution in [2.75, 3.05) is 13.1 Å². The molecule has 4 aromatic carbocycles. The van der Waals surface area contributed by atoms with Gasteiger partial charge in [-0.2, -0.15) is 5.01 Å². The van der Waals surface area contributed by atoms with Crippen LogP contribution in [0.25, 0.3) is 10.8 Å². The lowest BCUT2D eigenvalue weighted by Crippen LogP contribution is -2.66. The second-order valence-electron chi connectivity index (χ2n) is 11.9. The zero-order chi connectivity index (χ0) is 31.7. The van der Waals surface area contributed by atoms with E-state index in [1.807, 2.05) is 86.6 Å². The largest absolute Gasteiger partial charge is 0.504 e. The Morgan fingerprint density at radius 3 is 2.40 bits per heavy atom. The van der Waals surface area contributed by atoms with E-state index in [1.165, 1.54) is 12.1 Å². The number of nitrogens with one attached hydrogen (secondary N) is 1. The second-order valence-corrected chi connectivity index (χ2v) is 11.9. The summed E-state index contributed by atoms with van der Waals surface area (Å²) in [5, 5.41) is 28.5. The van der Waals surface area contributed by atoms with Gasteiger partial charge in [0.15, 0.2) is 11.5 Å². The summed E-state index contributed by atoms with van der Waals surface area (Å²) in [4.78, 5) is 45.0. The number of hydrogen-bond acceptors (Lipinski definition) is 6. The summed E-state index contributed by atoms with van der Waals surface area (Å²) >= 11 is 0. The van der Waals surface area contributed by atoms with Crippen LogP contribution >= 0.6 is 0 Å². The topological polar surface area (TPSA) is 117 Å². The quantitative estimate of drug-likeness (QED) is 0.259. The maximum Gasteiger partial charge on any atom is 0.332 e. The van der Waals surface area contributed by atoms with Crippen molar-refractivity contribution in [1.82, 2.24) is 25.1 Å². The van der Waals surface area contributed by atoms with Gasteiger partial charge >= 0.3 is 6.03 Å². The molecule has 2 fully saturated rings. The molecule has 2 aliphatic rings. The number of aromatic hydroxyl groups is 2. The molecule has 10 nitrogen and oxygen atoms in total. The van der Waals surface area contributed by atoms with Crippen LogP contribution in [0.1, 0.15) is 30.5 Å². The monoisotopic (exact) mass is 607 g/mol. The molecule has 4 amide bonds. The van der Waals surface area contributed by atoms with Gasteiger partial charge in [-0.25, -0.2) is 4.79 Å². The van der Waals surface area contributed by atoms with Gasteiger partial charge in [-0.1, -0.05) is 78.9 Å². The first-order valence-corrected chi connectivity index (χ1v) is 15.2. The third-order valence-corrected chi connectivity index (χ3v) is 8.54. The molecular formula is C35H37N5O5. The fourth-order valence-corrected chi connectivity index (χ4v) is 6.42. The zero-order valence-corrected chi connectivity index (χ0v) is 25.3. The Labute approximate surface area is 262 Å². The highest BCUT2D eigenvalue weighted by atomic mass is 16.3.